The average molecular weight is 510 g/mol. The smallest absolute Gasteiger partial charge is 0.258 e. The summed E-state index contributed by atoms with van der Waals surface area (Å²) >= 11 is 0. The minimum absolute atomic E-state index is 0.111. The van der Waals surface area contributed by atoms with Crippen molar-refractivity contribution in [3.8, 4) is 5.75 Å². The predicted octanol–water partition coefficient (Wildman–Crippen LogP) is 3.67. The third-order valence-electron chi connectivity index (χ3n) is 8.32. The largest absolute Gasteiger partial charge is 0.491 e. The molecule has 2 aromatic carbocycles. The van der Waals surface area contributed by atoms with Crippen LogP contribution < -0.4 is 19.9 Å². The van der Waals surface area contributed by atoms with Gasteiger partial charge >= 0.3 is 0 Å². The van der Waals surface area contributed by atoms with E-state index in [1.165, 1.54) is 6.07 Å². The fraction of sp³-hybridized carbons (Fsp3) is 0.552. The van der Waals surface area contributed by atoms with Crippen molar-refractivity contribution >= 4 is 17.3 Å². The van der Waals surface area contributed by atoms with E-state index >= 15 is 4.39 Å². The van der Waals surface area contributed by atoms with Gasteiger partial charge in [0.05, 0.1) is 17.9 Å². The topological polar surface area (TPSA) is 74.3 Å². The molecule has 37 heavy (non-hydrogen) atoms. The molecule has 0 spiro atoms. The summed E-state index contributed by atoms with van der Waals surface area (Å²) in [6, 6.07) is 11.1. The number of benzene rings is 2. The van der Waals surface area contributed by atoms with Gasteiger partial charge in [0.2, 0.25) is 0 Å². The fourth-order valence-corrected chi connectivity index (χ4v) is 6.24. The highest BCUT2D eigenvalue weighted by atomic mass is 19.1. The van der Waals surface area contributed by atoms with E-state index in [1.54, 1.807) is 11.0 Å². The lowest BCUT2D eigenvalue weighted by Gasteiger charge is -2.30. The molecule has 8 heteroatoms. The van der Waals surface area contributed by atoms with Gasteiger partial charge in [-0.3, -0.25) is 4.79 Å². The Morgan fingerprint density at radius 2 is 2.00 bits per heavy atom. The van der Waals surface area contributed by atoms with E-state index < -0.39 is 0 Å². The molecule has 3 fully saturated rings. The van der Waals surface area contributed by atoms with E-state index in [1.807, 2.05) is 24.3 Å². The standard InChI is InChI=1S/C29H36FN3O4/c30-25-16-21(6-9-27(25)32-12-11-20(17-32)31-26-4-1-5-28(26)34)33-13-10-19-15-22(7-8-24(19)29(33)35)37-18-23-3-2-14-36-23/h6-9,15-16,20,23,26,28,31,34H,1-5,10-14,17-18H2/t20?,23-,26-,28-/m0/s1. The first-order chi connectivity index (χ1) is 18.0. The zero-order valence-electron chi connectivity index (χ0n) is 21.2. The number of amides is 1. The normalized spacial score (nSPS) is 27.7. The summed E-state index contributed by atoms with van der Waals surface area (Å²) < 4.78 is 26.8. The van der Waals surface area contributed by atoms with Gasteiger partial charge in [-0.2, -0.15) is 0 Å². The van der Waals surface area contributed by atoms with Crippen LogP contribution in [0.5, 0.6) is 5.75 Å². The number of aliphatic hydroxyl groups excluding tert-OH is 1. The van der Waals surface area contributed by atoms with Crippen molar-refractivity contribution < 1.29 is 23.8 Å². The number of nitrogens with one attached hydrogen (secondary N) is 1. The summed E-state index contributed by atoms with van der Waals surface area (Å²) in [6.07, 6.45) is 6.48. The highest BCUT2D eigenvalue weighted by molar-refractivity contribution is 6.08. The number of aliphatic hydroxyl groups is 1. The lowest BCUT2D eigenvalue weighted by Crippen LogP contribution is -2.43. The third-order valence-corrected chi connectivity index (χ3v) is 8.32. The van der Waals surface area contributed by atoms with Crippen LogP contribution in [0.4, 0.5) is 15.8 Å². The first kappa shape index (κ1) is 24.6. The zero-order valence-corrected chi connectivity index (χ0v) is 21.2. The van der Waals surface area contributed by atoms with Crippen LogP contribution in [0.15, 0.2) is 36.4 Å². The number of rotatable bonds is 7. The van der Waals surface area contributed by atoms with E-state index in [2.05, 4.69) is 10.2 Å². The van der Waals surface area contributed by atoms with Gasteiger partial charge in [0.15, 0.2) is 0 Å². The Balaban J connectivity index is 1.09. The molecule has 1 aliphatic carbocycles. The fourth-order valence-electron chi connectivity index (χ4n) is 6.24. The van der Waals surface area contributed by atoms with Crippen LogP contribution in [0.2, 0.25) is 0 Å². The van der Waals surface area contributed by atoms with Crippen molar-refractivity contribution in [2.45, 2.75) is 69.2 Å². The number of fused-ring (bicyclic) bond motifs is 1. The minimum Gasteiger partial charge on any atom is -0.491 e. The van der Waals surface area contributed by atoms with Gasteiger partial charge in [0, 0.05) is 49.6 Å². The highest BCUT2D eigenvalue weighted by Crippen LogP contribution is 2.32. The van der Waals surface area contributed by atoms with E-state index in [0.29, 0.717) is 43.1 Å². The first-order valence-electron chi connectivity index (χ1n) is 13.7. The molecule has 4 atom stereocenters. The lowest BCUT2D eigenvalue weighted by molar-refractivity contribution is 0.0679. The molecule has 1 saturated carbocycles. The van der Waals surface area contributed by atoms with Gasteiger partial charge < -0.3 is 29.7 Å². The van der Waals surface area contributed by atoms with Crippen molar-refractivity contribution in [2.24, 2.45) is 0 Å². The number of anilines is 2. The Hall–Kier alpha value is -2.68. The summed E-state index contributed by atoms with van der Waals surface area (Å²) in [7, 11) is 0. The number of hydrogen-bond acceptors (Lipinski definition) is 6. The third kappa shape index (κ3) is 5.19. The molecule has 1 unspecified atom stereocenters. The van der Waals surface area contributed by atoms with Crippen LogP contribution in [0.3, 0.4) is 0 Å². The van der Waals surface area contributed by atoms with Crippen molar-refractivity contribution in [2.75, 3.05) is 42.6 Å². The Morgan fingerprint density at radius 1 is 1.08 bits per heavy atom. The number of ether oxygens (including phenoxy) is 2. The minimum atomic E-state index is -0.310. The number of hydrogen-bond donors (Lipinski definition) is 2. The number of carbonyl (C=O) groups excluding carboxylic acids is 1. The Bertz CT molecular complexity index is 1140. The monoisotopic (exact) mass is 509 g/mol. The van der Waals surface area contributed by atoms with Crippen molar-refractivity contribution in [3.05, 3.63) is 53.3 Å². The number of nitrogens with zero attached hydrogens (tertiary/aromatic N) is 2. The molecule has 3 aliphatic heterocycles. The van der Waals surface area contributed by atoms with Crippen LogP contribution in [-0.4, -0.2) is 68.2 Å². The summed E-state index contributed by atoms with van der Waals surface area (Å²) in [6.45, 7) is 3.31. The molecule has 1 amide bonds. The average Bonchev–Trinajstić information content (AvgIpc) is 3.67. The van der Waals surface area contributed by atoms with Crippen LogP contribution in [0.25, 0.3) is 0 Å². The molecule has 2 saturated heterocycles. The van der Waals surface area contributed by atoms with Crippen LogP contribution in [0, 0.1) is 5.82 Å². The van der Waals surface area contributed by atoms with Crippen LogP contribution in [-0.2, 0) is 11.2 Å². The zero-order chi connectivity index (χ0) is 25.4. The summed E-state index contributed by atoms with van der Waals surface area (Å²) in [5.41, 5.74) is 2.76. The Morgan fingerprint density at radius 3 is 2.78 bits per heavy atom. The van der Waals surface area contributed by atoms with Crippen LogP contribution in [0.1, 0.15) is 54.4 Å². The van der Waals surface area contributed by atoms with Gasteiger partial charge in [-0.15, -0.1) is 0 Å². The second kappa shape index (κ2) is 10.6. The number of carbonyl (C=O) groups is 1. The number of halogens is 1. The Kier molecular flexibility index (Phi) is 7.06. The quantitative estimate of drug-likeness (QED) is 0.594. The molecule has 2 N–H and O–H groups in total. The maximum atomic E-state index is 15.3. The molecular formula is C29H36FN3O4. The SMILES string of the molecule is O=C1c2ccc(OC[C@@H]3CCCO3)cc2CCN1c1ccc(N2CCC(N[C@H]3CCC[C@@H]3O)C2)c(F)c1. The molecule has 4 aliphatic rings. The molecule has 6 rings (SSSR count). The summed E-state index contributed by atoms with van der Waals surface area (Å²) in [4.78, 5) is 17.0. The summed E-state index contributed by atoms with van der Waals surface area (Å²) in [5.74, 6) is 0.335. The van der Waals surface area contributed by atoms with Gasteiger partial charge in [-0.05, 0) is 86.9 Å². The molecule has 0 bridgehead atoms. The van der Waals surface area contributed by atoms with Gasteiger partial charge in [0.1, 0.15) is 18.2 Å². The van der Waals surface area contributed by atoms with E-state index in [-0.39, 0.29) is 36.0 Å². The van der Waals surface area contributed by atoms with Crippen LogP contribution >= 0.6 is 0 Å². The second-order valence-electron chi connectivity index (χ2n) is 10.8. The summed E-state index contributed by atoms with van der Waals surface area (Å²) in [5, 5.41) is 13.7. The van der Waals surface area contributed by atoms with Crippen molar-refractivity contribution in [1.82, 2.24) is 5.32 Å². The van der Waals surface area contributed by atoms with Gasteiger partial charge in [-0.25, -0.2) is 4.39 Å². The highest BCUT2D eigenvalue weighted by Gasteiger charge is 2.32. The molecular weight excluding hydrogens is 473 g/mol. The Labute approximate surface area is 217 Å². The molecule has 7 nitrogen and oxygen atoms in total. The van der Waals surface area contributed by atoms with Crippen molar-refractivity contribution in [1.29, 1.82) is 0 Å². The van der Waals surface area contributed by atoms with Gasteiger partial charge in [-0.1, -0.05) is 0 Å². The maximum absolute atomic E-state index is 15.3. The molecule has 198 valence electrons. The lowest BCUT2D eigenvalue weighted by atomic mass is 9.98. The van der Waals surface area contributed by atoms with Crippen molar-refractivity contribution in [3.63, 3.8) is 0 Å². The molecule has 3 heterocycles. The molecule has 2 aromatic rings. The van der Waals surface area contributed by atoms with E-state index in [4.69, 9.17) is 9.47 Å². The molecule has 0 radical (unpaired) electrons. The van der Waals surface area contributed by atoms with E-state index in [0.717, 1.165) is 63.0 Å². The van der Waals surface area contributed by atoms with Gasteiger partial charge in [0.25, 0.3) is 5.91 Å². The van der Waals surface area contributed by atoms with E-state index in [9.17, 15) is 9.90 Å². The second-order valence-corrected chi connectivity index (χ2v) is 10.8. The molecule has 0 aromatic heterocycles. The predicted molar refractivity (Wildman–Crippen MR) is 140 cm³/mol. The maximum Gasteiger partial charge on any atom is 0.258 e. The first-order valence-corrected chi connectivity index (χ1v) is 13.7.